The Balaban J connectivity index is 2.05. The van der Waals surface area contributed by atoms with Crippen LogP contribution in [0.2, 0.25) is 0 Å². The van der Waals surface area contributed by atoms with Gasteiger partial charge in [0.1, 0.15) is 0 Å². The van der Waals surface area contributed by atoms with Crippen LogP contribution in [0.3, 0.4) is 0 Å². The van der Waals surface area contributed by atoms with Crippen LogP contribution in [0.4, 0.5) is 4.79 Å². The zero-order valence-corrected chi connectivity index (χ0v) is 9.45. The van der Waals surface area contributed by atoms with Gasteiger partial charge < -0.3 is 15.4 Å². The van der Waals surface area contributed by atoms with E-state index in [1.54, 1.807) is 0 Å². The SMILES string of the molecule is CNC(=O)NNC(=S)NC[C@@H]1CCCO1. The number of carbonyl (C=O) groups excluding carboxylic acids is 1. The fourth-order valence-corrected chi connectivity index (χ4v) is 1.37. The first-order chi connectivity index (χ1) is 7.22. The van der Waals surface area contributed by atoms with Crippen molar-refractivity contribution in [3.8, 4) is 0 Å². The predicted molar refractivity (Wildman–Crippen MR) is 60.3 cm³/mol. The normalized spacial score (nSPS) is 19.4. The van der Waals surface area contributed by atoms with Gasteiger partial charge in [0, 0.05) is 20.2 Å². The molecule has 0 unspecified atom stereocenters. The average Bonchev–Trinajstić information content (AvgIpc) is 2.75. The monoisotopic (exact) mass is 232 g/mol. The number of rotatable bonds is 2. The fraction of sp³-hybridized carbons (Fsp3) is 0.750. The van der Waals surface area contributed by atoms with Crippen LogP contribution >= 0.6 is 12.2 Å². The predicted octanol–water partition coefficient (Wildman–Crippen LogP) is -0.526. The molecular weight excluding hydrogens is 216 g/mol. The van der Waals surface area contributed by atoms with Crippen LogP contribution in [0.25, 0.3) is 0 Å². The summed E-state index contributed by atoms with van der Waals surface area (Å²) in [6.07, 6.45) is 2.38. The van der Waals surface area contributed by atoms with Crippen molar-refractivity contribution in [2.75, 3.05) is 20.2 Å². The minimum Gasteiger partial charge on any atom is -0.376 e. The minimum atomic E-state index is -0.337. The molecule has 1 fully saturated rings. The first kappa shape index (κ1) is 12.0. The Labute approximate surface area is 94.1 Å². The van der Waals surface area contributed by atoms with E-state index in [1.807, 2.05) is 0 Å². The molecule has 1 atom stereocenters. The lowest BCUT2D eigenvalue weighted by molar-refractivity contribution is 0.114. The summed E-state index contributed by atoms with van der Waals surface area (Å²) >= 11 is 4.93. The Morgan fingerprint density at radius 3 is 2.93 bits per heavy atom. The van der Waals surface area contributed by atoms with Crippen molar-refractivity contribution < 1.29 is 9.53 Å². The summed E-state index contributed by atoms with van der Waals surface area (Å²) < 4.78 is 5.40. The summed E-state index contributed by atoms with van der Waals surface area (Å²) in [4.78, 5) is 10.8. The van der Waals surface area contributed by atoms with Crippen molar-refractivity contribution in [1.29, 1.82) is 0 Å². The zero-order valence-electron chi connectivity index (χ0n) is 8.63. The maximum Gasteiger partial charge on any atom is 0.333 e. The van der Waals surface area contributed by atoms with E-state index < -0.39 is 0 Å². The number of carbonyl (C=O) groups is 1. The molecule has 1 aliphatic heterocycles. The summed E-state index contributed by atoms with van der Waals surface area (Å²) in [5.74, 6) is 0. The molecule has 0 aromatic rings. The molecule has 1 rings (SSSR count). The van der Waals surface area contributed by atoms with Crippen molar-refractivity contribution in [1.82, 2.24) is 21.5 Å². The standard InChI is InChI=1S/C8H16N4O2S/c1-9-7(13)11-12-8(15)10-5-6-3-2-4-14-6/h6H,2-5H2,1H3,(H2,9,11,13)(H2,10,12,15)/t6-/m0/s1. The van der Waals surface area contributed by atoms with Gasteiger partial charge >= 0.3 is 6.03 Å². The van der Waals surface area contributed by atoms with Gasteiger partial charge in [0.05, 0.1) is 6.10 Å². The molecule has 1 aliphatic rings. The van der Waals surface area contributed by atoms with Gasteiger partial charge in [-0.3, -0.25) is 5.43 Å². The van der Waals surface area contributed by atoms with Crippen LogP contribution < -0.4 is 21.5 Å². The zero-order chi connectivity index (χ0) is 11.1. The van der Waals surface area contributed by atoms with Gasteiger partial charge in [-0.1, -0.05) is 0 Å². The topological polar surface area (TPSA) is 74.4 Å². The number of nitrogens with one attached hydrogen (secondary N) is 4. The molecule has 6 nitrogen and oxygen atoms in total. The number of amides is 2. The Morgan fingerprint density at radius 1 is 1.53 bits per heavy atom. The largest absolute Gasteiger partial charge is 0.376 e. The van der Waals surface area contributed by atoms with E-state index in [0.29, 0.717) is 11.7 Å². The average molecular weight is 232 g/mol. The number of ether oxygens (including phenoxy) is 1. The van der Waals surface area contributed by atoms with Crippen molar-refractivity contribution in [2.24, 2.45) is 0 Å². The molecule has 15 heavy (non-hydrogen) atoms. The van der Waals surface area contributed by atoms with E-state index >= 15 is 0 Å². The molecule has 0 spiro atoms. The van der Waals surface area contributed by atoms with Gasteiger partial charge in [-0.25, -0.2) is 10.2 Å². The highest BCUT2D eigenvalue weighted by molar-refractivity contribution is 7.80. The molecule has 1 saturated heterocycles. The van der Waals surface area contributed by atoms with Crippen LogP contribution in [0.15, 0.2) is 0 Å². The highest BCUT2D eigenvalue weighted by atomic mass is 32.1. The summed E-state index contributed by atoms with van der Waals surface area (Å²) in [6.45, 7) is 1.49. The minimum absolute atomic E-state index is 0.227. The van der Waals surface area contributed by atoms with Crippen LogP contribution in [0, 0.1) is 0 Å². The Hall–Kier alpha value is -1.08. The molecular formula is C8H16N4O2S. The summed E-state index contributed by atoms with van der Waals surface area (Å²) in [5, 5.41) is 5.73. The van der Waals surface area contributed by atoms with Crippen molar-refractivity contribution >= 4 is 23.4 Å². The Bertz CT molecular complexity index is 231. The molecule has 7 heteroatoms. The van der Waals surface area contributed by atoms with E-state index in [-0.39, 0.29) is 12.1 Å². The lowest BCUT2D eigenvalue weighted by atomic mass is 10.2. The maximum absolute atomic E-state index is 10.8. The highest BCUT2D eigenvalue weighted by Gasteiger charge is 2.15. The van der Waals surface area contributed by atoms with Gasteiger partial charge in [0.25, 0.3) is 0 Å². The molecule has 86 valence electrons. The molecule has 2 amide bonds. The van der Waals surface area contributed by atoms with Crippen molar-refractivity contribution in [2.45, 2.75) is 18.9 Å². The Kier molecular flexibility index (Phi) is 5.13. The van der Waals surface area contributed by atoms with E-state index in [9.17, 15) is 4.79 Å². The van der Waals surface area contributed by atoms with Gasteiger partial charge in [-0.05, 0) is 25.1 Å². The van der Waals surface area contributed by atoms with Gasteiger partial charge in [0.2, 0.25) is 0 Å². The third-order valence-corrected chi connectivity index (χ3v) is 2.28. The van der Waals surface area contributed by atoms with E-state index in [4.69, 9.17) is 17.0 Å². The van der Waals surface area contributed by atoms with Crippen molar-refractivity contribution in [3.05, 3.63) is 0 Å². The second kappa shape index (κ2) is 6.41. The van der Waals surface area contributed by atoms with Crippen LogP contribution in [0.1, 0.15) is 12.8 Å². The highest BCUT2D eigenvalue weighted by Crippen LogP contribution is 2.10. The smallest absolute Gasteiger partial charge is 0.333 e. The second-order valence-electron chi connectivity index (χ2n) is 3.17. The lowest BCUT2D eigenvalue weighted by Gasteiger charge is -2.14. The van der Waals surface area contributed by atoms with Gasteiger partial charge in [-0.15, -0.1) is 0 Å². The second-order valence-corrected chi connectivity index (χ2v) is 3.58. The molecule has 0 aromatic carbocycles. The number of hydrogen-bond donors (Lipinski definition) is 4. The third kappa shape index (κ3) is 4.80. The summed E-state index contributed by atoms with van der Waals surface area (Å²) in [7, 11) is 1.53. The number of hydrazine groups is 1. The van der Waals surface area contributed by atoms with Crippen LogP contribution in [-0.4, -0.2) is 37.4 Å². The number of hydrogen-bond acceptors (Lipinski definition) is 3. The van der Waals surface area contributed by atoms with Crippen molar-refractivity contribution in [3.63, 3.8) is 0 Å². The molecule has 1 heterocycles. The maximum atomic E-state index is 10.8. The molecule has 0 saturated carbocycles. The number of thiocarbonyl (C=S) groups is 1. The first-order valence-electron chi connectivity index (χ1n) is 4.85. The molecule has 0 radical (unpaired) electrons. The molecule has 4 N–H and O–H groups in total. The fourth-order valence-electron chi connectivity index (χ4n) is 1.23. The number of urea groups is 1. The summed E-state index contributed by atoms with van der Waals surface area (Å²) in [5.41, 5.74) is 4.92. The van der Waals surface area contributed by atoms with E-state index in [1.165, 1.54) is 7.05 Å². The first-order valence-corrected chi connectivity index (χ1v) is 5.26. The quantitative estimate of drug-likeness (QED) is 0.380. The van der Waals surface area contributed by atoms with E-state index in [2.05, 4.69) is 21.5 Å². The summed E-state index contributed by atoms with van der Waals surface area (Å²) in [6, 6.07) is -0.337. The third-order valence-electron chi connectivity index (χ3n) is 2.03. The molecule has 0 aromatic heterocycles. The molecule has 0 aliphatic carbocycles. The Morgan fingerprint density at radius 2 is 2.33 bits per heavy atom. The van der Waals surface area contributed by atoms with Gasteiger partial charge in [-0.2, -0.15) is 0 Å². The lowest BCUT2D eigenvalue weighted by Crippen LogP contribution is -2.50. The van der Waals surface area contributed by atoms with Gasteiger partial charge in [0.15, 0.2) is 5.11 Å². The molecule has 0 bridgehead atoms. The van der Waals surface area contributed by atoms with E-state index in [0.717, 1.165) is 19.4 Å². The van der Waals surface area contributed by atoms with Crippen LogP contribution in [0.5, 0.6) is 0 Å². The van der Waals surface area contributed by atoms with Crippen LogP contribution in [-0.2, 0) is 4.74 Å².